The zero-order valence-corrected chi connectivity index (χ0v) is 8.54. The second-order valence-corrected chi connectivity index (χ2v) is 2.96. The van der Waals surface area contributed by atoms with Gasteiger partial charge >= 0.3 is 0 Å². The summed E-state index contributed by atoms with van der Waals surface area (Å²) in [5, 5.41) is 12.1. The van der Waals surface area contributed by atoms with Gasteiger partial charge in [0, 0.05) is 17.7 Å². The Morgan fingerprint density at radius 2 is 2.50 bits per heavy atom. The summed E-state index contributed by atoms with van der Waals surface area (Å²) < 4.78 is 0. The molecule has 0 aliphatic carbocycles. The lowest BCUT2D eigenvalue weighted by Crippen LogP contribution is -1.94. The molecule has 1 aromatic rings. The minimum Gasteiger partial charge on any atom is -0.383 e. The summed E-state index contributed by atoms with van der Waals surface area (Å²) in [4.78, 5) is 6.53. The summed E-state index contributed by atoms with van der Waals surface area (Å²) >= 11 is 0. The van der Waals surface area contributed by atoms with Crippen molar-refractivity contribution in [2.45, 2.75) is 6.42 Å². The first-order chi connectivity index (χ1) is 7.77. The summed E-state index contributed by atoms with van der Waals surface area (Å²) in [6, 6.07) is 3.62. The predicted octanol–water partition coefficient (Wildman–Crippen LogP) is 2.25. The van der Waals surface area contributed by atoms with Crippen LogP contribution < -0.4 is 5.73 Å². The van der Waals surface area contributed by atoms with E-state index in [-0.39, 0.29) is 5.82 Å². The molecule has 2 N–H and O–H groups in total. The Morgan fingerprint density at radius 3 is 3.19 bits per heavy atom. The molecule has 0 saturated heterocycles. The number of nitrogens with two attached hydrogens (primary N) is 1. The molecule has 0 aromatic carbocycles. The van der Waals surface area contributed by atoms with Gasteiger partial charge in [0.2, 0.25) is 0 Å². The number of aromatic nitrogens is 1. The van der Waals surface area contributed by atoms with E-state index in [0.29, 0.717) is 18.5 Å². The third kappa shape index (κ3) is 3.33. The fraction of sp³-hybridized carbons (Fsp3) is 0.200. The van der Waals surface area contributed by atoms with Crippen molar-refractivity contribution < 1.29 is 0 Å². The summed E-state index contributed by atoms with van der Waals surface area (Å²) in [7, 11) is 0. The Morgan fingerprint density at radius 1 is 1.69 bits per heavy atom. The normalized spacial score (nSPS) is 9.69. The molecule has 0 aliphatic rings. The highest BCUT2D eigenvalue weighted by atomic mass is 15.1. The van der Waals surface area contributed by atoms with Gasteiger partial charge in [0.05, 0.1) is 5.56 Å². The molecule has 1 rings (SSSR count). The molecule has 0 spiro atoms. The van der Waals surface area contributed by atoms with Crippen molar-refractivity contribution in [2.24, 2.45) is 5.11 Å². The fourth-order valence-electron chi connectivity index (χ4n) is 1.07. The largest absolute Gasteiger partial charge is 0.383 e. The molecule has 0 aliphatic heterocycles. The number of nitrogen functional groups attached to an aromatic ring is 1. The van der Waals surface area contributed by atoms with Crippen LogP contribution in [0.4, 0.5) is 5.82 Å². The Kier molecular flexibility index (Phi) is 4.38. The first kappa shape index (κ1) is 11.6. The summed E-state index contributed by atoms with van der Waals surface area (Å²) in [5.41, 5.74) is 14.7. The summed E-state index contributed by atoms with van der Waals surface area (Å²) in [6.07, 6.45) is 5.89. The second kappa shape index (κ2) is 6.06. The molecule has 1 aromatic heterocycles. The molecule has 1 heterocycles. The van der Waals surface area contributed by atoms with Gasteiger partial charge in [-0.3, -0.25) is 0 Å². The van der Waals surface area contributed by atoms with Crippen LogP contribution in [-0.2, 0) is 0 Å². The number of nitrogens with zero attached hydrogens (tertiary/aromatic N) is 5. The van der Waals surface area contributed by atoms with Crippen molar-refractivity contribution in [3.8, 4) is 6.07 Å². The van der Waals surface area contributed by atoms with Crippen molar-refractivity contribution in [3.63, 3.8) is 0 Å². The maximum Gasteiger partial charge on any atom is 0.141 e. The van der Waals surface area contributed by atoms with Crippen LogP contribution in [0.25, 0.3) is 16.5 Å². The lowest BCUT2D eigenvalue weighted by atomic mass is 10.2. The molecule has 0 atom stereocenters. The fourth-order valence-corrected chi connectivity index (χ4v) is 1.07. The van der Waals surface area contributed by atoms with Gasteiger partial charge in [-0.05, 0) is 23.6 Å². The Bertz CT molecular complexity index is 479. The van der Waals surface area contributed by atoms with Gasteiger partial charge in [0.15, 0.2) is 0 Å². The SMILES string of the molecule is N#Cc1cc(C=CCCN=[N+]=[N-])cnc1N. The predicted molar refractivity (Wildman–Crippen MR) is 61.0 cm³/mol. The van der Waals surface area contributed by atoms with E-state index in [1.165, 1.54) is 0 Å². The van der Waals surface area contributed by atoms with Crippen LogP contribution in [0.2, 0.25) is 0 Å². The molecule has 0 amide bonds. The highest BCUT2D eigenvalue weighted by Gasteiger charge is 1.98. The first-order valence-electron chi connectivity index (χ1n) is 4.61. The molecule has 80 valence electrons. The van der Waals surface area contributed by atoms with Crippen LogP contribution in [0.15, 0.2) is 23.5 Å². The van der Waals surface area contributed by atoms with Crippen LogP contribution in [-0.4, -0.2) is 11.5 Å². The smallest absolute Gasteiger partial charge is 0.141 e. The zero-order chi connectivity index (χ0) is 11.8. The van der Waals surface area contributed by atoms with Crippen molar-refractivity contribution >= 4 is 11.9 Å². The topological polar surface area (TPSA) is 111 Å². The van der Waals surface area contributed by atoms with Gasteiger partial charge in [-0.15, -0.1) is 0 Å². The standard InChI is InChI=1S/C10H10N6/c11-6-9-5-8(7-14-10(9)12)3-1-2-4-15-16-13/h1,3,5,7H,2,4H2,(H2,12,14). The molecule has 0 unspecified atom stereocenters. The summed E-state index contributed by atoms with van der Waals surface area (Å²) in [5.74, 6) is 0.230. The molecule has 0 radical (unpaired) electrons. The Balaban J connectivity index is 2.68. The van der Waals surface area contributed by atoms with Crippen LogP contribution >= 0.6 is 0 Å². The van der Waals surface area contributed by atoms with E-state index in [0.717, 1.165) is 5.56 Å². The molecule has 0 saturated carbocycles. The lowest BCUT2D eigenvalue weighted by molar-refractivity contribution is 0.995. The van der Waals surface area contributed by atoms with Crippen molar-refractivity contribution in [2.75, 3.05) is 12.3 Å². The van der Waals surface area contributed by atoms with Crippen molar-refractivity contribution in [1.29, 1.82) is 5.26 Å². The minimum absolute atomic E-state index is 0.230. The van der Waals surface area contributed by atoms with E-state index in [9.17, 15) is 0 Å². The molecular weight excluding hydrogens is 204 g/mol. The van der Waals surface area contributed by atoms with E-state index in [1.807, 2.05) is 12.1 Å². The van der Waals surface area contributed by atoms with E-state index in [2.05, 4.69) is 15.0 Å². The van der Waals surface area contributed by atoms with Gasteiger partial charge in [-0.1, -0.05) is 17.3 Å². The highest BCUT2D eigenvalue weighted by molar-refractivity contribution is 5.57. The number of rotatable bonds is 4. The Labute approximate surface area is 92.7 Å². The number of nitriles is 1. The van der Waals surface area contributed by atoms with E-state index >= 15 is 0 Å². The second-order valence-electron chi connectivity index (χ2n) is 2.96. The van der Waals surface area contributed by atoms with Gasteiger partial charge < -0.3 is 5.73 Å². The molecule has 0 bridgehead atoms. The quantitative estimate of drug-likeness (QED) is 0.359. The van der Waals surface area contributed by atoms with Crippen molar-refractivity contribution in [3.05, 3.63) is 39.9 Å². The van der Waals surface area contributed by atoms with Crippen LogP contribution in [0.5, 0.6) is 0 Å². The van der Waals surface area contributed by atoms with E-state index < -0.39 is 0 Å². The average molecular weight is 214 g/mol. The number of pyridine rings is 1. The molecule has 6 heteroatoms. The maximum absolute atomic E-state index is 8.74. The van der Waals surface area contributed by atoms with Crippen molar-refractivity contribution in [1.82, 2.24) is 4.98 Å². The number of hydrogen-bond acceptors (Lipinski definition) is 4. The average Bonchev–Trinajstić information content (AvgIpc) is 2.31. The molecule has 16 heavy (non-hydrogen) atoms. The molecular formula is C10H10N6. The first-order valence-corrected chi connectivity index (χ1v) is 4.61. The van der Waals surface area contributed by atoms with Crippen LogP contribution in [0.3, 0.4) is 0 Å². The van der Waals surface area contributed by atoms with Gasteiger partial charge in [0.1, 0.15) is 11.9 Å². The van der Waals surface area contributed by atoms with Crippen LogP contribution in [0, 0.1) is 11.3 Å². The maximum atomic E-state index is 8.74. The van der Waals surface area contributed by atoms with Gasteiger partial charge in [0.25, 0.3) is 0 Å². The van der Waals surface area contributed by atoms with E-state index in [1.54, 1.807) is 18.3 Å². The van der Waals surface area contributed by atoms with Crippen LogP contribution in [0.1, 0.15) is 17.5 Å². The third-order valence-electron chi connectivity index (χ3n) is 1.83. The lowest BCUT2D eigenvalue weighted by Gasteiger charge is -1.97. The summed E-state index contributed by atoms with van der Waals surface area (Å²) in [6.45, 7) is 0.417. The monoisotopic (exact) mass is 214 g/mol. The zero-order valence-electron chi connectivity index (χ0n) is 8.54. The number of anilines is 1. The minimum atomic E-state index is 0.230. The Hall–Kier alpha value is -2.51. The molecule has 0 fully saturated rings. The van der Waals surface area contributed by atoms with Gasteiger partial charge in [-0.25, -0.2) is 4.98 Å². The number of azide groups is 1. The highest BCUT2D eigenvalue weighted by Crippen LogP contribution is 2.10. The number of hydrogen-bond donors (Lipinski definition) is 1. The van der Waals surface area contributed by atoms with E-state index in [4.69, 9.17) is 16.5 Å². The molecule has 6 nitrogen and oxygen atoms in total. The third-order valence-corrected chi connectivity index (χ3v) is 1.83. The van der Waals surface area contributed by atoms with Gasteiger partial charge in [-0.2, -0.15) is 5.26 Å².